The molecule has 0 amide bonds. The van der Waals surface area contributed by atoms with Gasteiger partial charge in [0.25, 0.3) is 0 Å². The van der Waals surface area contributed by atoms with E-state index in [4.69, 9.17) is 4.74 Å². The van der Waals surface area contributed by atoms with Gasteiger partial charge in [-0.15, -0.1) is 0 Å². The minimum Gasteiger partial charge on any atom is -0.377 e. The Kier molecular flexibility index (Phi) is 6.09. The van der Waals surface area contributed by atoms with Crippen LogP contribution in [0.3, 0.4) is 0 Å². The van der Waals surface area contributed by atoms with Gasteiger partial charge < -0.3 is 4.74 Å². The lowest BCUT2D eigenvalue weighted by atomic mass is 10.2. The fourth-order valence-electron chi connectivity index (χ4n) is 1.48. The summed E-state index contributed by atoms with van der Waals surface area (Å²) in [5.41, 5.74) is 0.956. The molecule has 0 aliphatic carbocycles. The fraction of sp³-hybridized carbons (Fsp3) is 0.538. The Morgan fingerprint density at radius 3 is 2.76 bits per heavy atom. The maximum absolute atomic E-state index is 13.3. The Morgan fingerprint density at radius 2 is 2.12 bits per heavy atom. The lowest BCUT2D eigenvalue weighted by Gasteiger charge is -2.18. The first-order valence-corrected chi connectivity index (χ1v) is 6.53. The predicted molar refractivity (Wildman–Crippen MR) is 71.5 cm³/mol. The van der Waals surface area contributed by atoms with Crippen LogP contribution >= 0.6 is 15.9 Å². The molecule has 1 rings (SSSR count). The lowest BCUT2D eigenvalue weighted by Crippen LogP contribution is -2.24. The van der Waals surface area contributed by atoms with Gasteiger partial charge in [-0.05, 0) is 48.5 Å². The zero-order valence-electron chi connectivity index (χ0n) is 10.5. The van der Waals surface area contributed by atoms with Crippen molar-refractivity contribution in [2.75, 3.05) is 20.2 Å². The third-order valence-corrected chi connectivity index (χ3v) is 3.28. The van der Waals surface area contributed by atoms with E-state index in [0.29, 0.717) is 17.6 Å². The standard InChI is InChI=1S/C13H19BrFNO/c1-10(2)17-8-7-16(3)9-11-5-4-6-12(15)13(11)14/h4-6,10H,7-9H2,1-3H3. The van der Waals surface area contributed by atoms with Gasteiger partial charge in [0.05, 0.1) is 17.2 Å². The molecule has 0 atom stereocenters. The first-order chi connectivity index (χ1) is 8.00. The Hall–Kier alpha value is -0.450. The number of hydrogen-bond donors (Lipinski definition) is 0. The number of hydrogen-bond acceptors (Lipinski definition) is 2. The van der Waals surface area contributed by atoms with Crippen LogP contribution in [0, 0.1) is 5.82 Å². The normalized spacial score (nSPS) is 11.5. The van der Waals surface area contributed by atoms with Gasteiger partial charge >= 0.3 is 0 Å². The molecule has 0 radical (unpaired) electrons. The third-order valence-electron chi connectivity index (χ3n) is 2.40. The number of likely N-dealkylation sites (N-methyl/N-ethyl adjacent to an activating group) is 1. The van der Waals surface area contributed by atoms with Crippen molar-refractivity contribution in [3.63, 3.8) is 0 Å². The van der Waals surface area contributed by atoms with Crippen molar-refractivity contribution in [2.45, 2.75) is 26.5 Å². The van der Waals surface area contributed by atoms with Crippen molar-refractivity contribution in [3.05, 3.63) is 34.1 Å². The van der Waals surface area contributed by atoms with Crippen LogP contribution in [0.15, 0.2) is 22.7 Å². The van der Waals surface area contributed by atoms with Gasteiger partial charge in [-0.3, -0.25) is 4.90 Å². The van der Waals surface area contributed by atoms with Crippen molar-refractivity contribution >= 4 is 15.9 Å². The molecule has 0 saturated carbocycles. The van der Waals surface area contributed by atoms with Crippen LogP contribution in [0.4, 0.5) is 4.39 Å². The number of nitrogens with zero attached hydrogens (tertiary/aromatic N) is 1. The molecule has 0 heterocycles. The van der Waals surface area contributed by atoms with Gasteiger partial charge in [-0.2, -0.15) is 0 Å². The smallest absolute Gasteiger partial charge is 0.137 e. The summed E-state index contributed by atoms with van der Waals surface area (Å²) in [7, 11) is 2.00. The summed E-state index contributed by atoms with van der Waals surface area (Å²) in [6, 6.07) is 5.11. The lowest BCUT2D eigenvalue weighted by molar-refractivity contribution is 0.0626. The number of rotatable bonds is 6. The molecule has 17 heavy (non-hydrogen) atoms. The molecule has 0 aliphatic heterocycles. The van der Waals surface area contributed by atoms with Crippen LogP contribution in [0.2, 0.25) is 0 Å². The van der Waals surface area contributed by atoms with E-state index in [-0.39, 0.29) is 11.9 Å². The van der Waals surface area contributed by atoms with Crippen LogP contribution in [-0.4, -0.2) is 31.2 Å². The highest BCUT2D eigenvalue weighted by Gasteiger charge is 2.07. The summed E-state index contributed by atoms with van der Waals surface area (Å²) in [5.74, 6) is -0.214. The van der Waals surface area contributed by atoms with E-state index in [1.165, 1.54) is 6.07 Å². The van der Waals surface area contributed by atoms with Crippen LogP contribution in [0.25, 0.3) is 0 Å². The summed E-state index contributed by atoms with van der Waals surface area (Å²) < 4.78 is 19.3. The highest BCUT2D eigenvalue weighted by atomic mass is 79.9. The van der Waals surface area contributed by atoms with Crippen molar-refractivity contribution < 1.29 is 9.13 Å². The Bertz CT molecular complexity index is 357. The molecule has 0 bridgehead atoms. The molecule has 0 spiro atoms. The van der Waals surface area contributed by atoms with Gasteiger partial charge in [0.15, 0.2) is 0 Å². The van der Waals surface area contributed by atoms with E-state index in [1.54, 1.807) is 6.07 Å². The molecule has 4 heteroatoms. The van der Waals surface area contributed by atoms with Crippen LogP contribution < -0.4 is 0 Å². The van der Waals surface area contributed by atoms with Gasteiger partial charge in [0, 0.05) is 13.1 Å². The number of benzene rings is 1. The molecule has 0 saturated heterocycles. The van der Waals surface area contributed by atoms with Crippen molar-refractivity contribution in [2.24, 2.45) is 0 Å². The molecule has 0 unspecified atom stereocenters. The average Bonchev–Trinajstić information content (AvgIpc) is 2.24. The Morgan fingerprint density at radius 1 is 1.41 bits per heavy atom. The summed E-state index contributed by atoms with van der Waals surface area (Å²) in [5, 5.41) is 0. The SMILES string of the molecule is CC(C)OCCN(C)Cc1cccc(F)c1Br. The second-order valence-electron chi connectivity index (χ2n) is 4.37. The third kappa shape index (κ3) is 5.15. The van der Waals surface area contributed by atoms with Crippen LogP contribution in [0.1, 0.15) is 19.4 Å². The van der Waals surface area contributed by atoms with Gasteiger partial charge in [0.1, 0.15) is 5.82 Å². The topological polar surface area (TPSA) is 12.5 Å². The zero-order valence-corrected chi connectivity index (χ0v) is 12.1. The van der Waals surface area contributed by atoms with E-state index in [2.05, 4.69) is 20.8 Å². The van der Waals surface area contributed by atoms with Crippen LogP contribution in [0.5, 0.6) is 0 Å². The van der Waals surface area contributed by atoms with Crippen molar-refractivity contribution in [1.82, 2.24) is 4.90 Å². The largest absolute Gasteiger partial charge is 0.377 e. The first kappa shape index (κ1) is 14.6. The van der Waals surface area contributed by atoms with E-state index >= 15 is 0 Å². The Labute approximate surface area is 111 Å². The minimum absolute atomic E-state index is 0.214. The molecule has 96 valence electrons. The summed E-state index contributed by atoms with van der Waals surface area (Å²) in [6.07, 6.45) is 0.254. The molecule has 0 aromatic heterocycles. The fourth-order valence-corrected chi connectivity index (χ4v) is 1.87. The monoisotopic (exact) mass is 303 g/mol. The van der Waals surface area contributed by atoms with Gasteiger partial charge in [0.2, 0.25) is 0 Å². The molecular weight excluding hydrogens is 285 g/mol. The van der Waals surface area contributed by atoms with Gasteiger partial charge in [-0.1, -0.05) is 12.1 Å². The second-order valence-corrected chi connectivity index (χ2v) is 5.16. The van der Waals surface area contributed by atoms with E-state index < -0.39 is 0 Å². The molecular formula is C13H19BrFNO. The number of ether oxygens (including phenoxy) is 1. The Balaban J connectivity index is 2.45. The minimum atomic E-state index is -0.214. The molecule has 0 aliphatic rings. The zero-order chi connectivity index (χ0) is 12.8. The van der Waals surface area contributed by atoms with Crippen LogP contribution in [-0.2, 0) is 11.3 Å². The highest BCUT2D eigenvalue weighted by Crippen LogP contribution is 2.21. The molecule has 2 nitrogen and oxygen atoms in total. The summed E-state index contributed by atoms with van der Waals surface area (Å²) >= 11 is 3.27. The van der Waals surface area contributed by atoms with Crippen molar-refractivity contribution in [3.8, 4) is 0 Å². The van der Waals surface area contributed by atoms with E-state index in [0.717, 1.165) is 12.1 Å². The first-order valence-electron chi connectivity index (χ1n) is 5.73. The predicted octanol–water partition coefficient (Wildman–Crippen LogP) is 3.45. The maximum atomic E-state index is 13.3. The highest BCUT2D eigenvalue weighted by molar-refractivity contribution is 9.10. The van der Waals surface area contributed by atoms with E-state index in [9.17, 15) is 4.39 Å². The van der Waals surface area contributed by atoms with Crippen molar-refractivity contribution in [1.29, 1.82) is 0 Å². The molecule has 0 N–H and O–H groups in total. The maximum Gasteiger partial charge on any atom is 0.137 e. The van der Waals surface area contributed by atoms with Gasteiger partial charge in [-0.25, -0.2) is 4.39 Å². The molecule has 0 fully saturated rings. The molecule has 1 aromatic rings. The molecule has 1 aromatic carbocycles. The average molecular weight is 304 g/mol. The summed E-state index contributed by atoms with van der Waals surface area (Å²) in [4.78, 5) is 2.11. The summed E-state index contributed by atoms with van der Waals surface area (Å²) in [6.45, 7) is 6.27. The quantitative estimate of drug-likeness (QED) is 0.798. The van der Waals surface area contributed by atoms with E-state index in [1.807, 2.05) is 27.0 Å². The second kappa shape index (κ2) is 7.09. The number of halogens is 2.